The van der Waals surface area contributed by atoms with Crippen molar-refractivity contribution in [1.82, 2.24) is 14.4 Å². The maximum absolute atomic E-state index is 5.73. The highest BCUT2D eigenvalue weighted by Gasteiger charge is 2.11. The summed E-state index contributed by atoms with van der Waals surface area (Å²) in [6.07, 6.45) is 7.43. The molecule has 0 unspecified atom stereocenters. The van der Waals surface area contributed by atoms with E-state index in [1.54, 1.807) is 6.20 Å². The molecule has 1 aliphatic heterocycles. The van der Waals surface area contributed by atoms with Crippen LogP contribution in [0.4, 0.5) is 5.82 Å². The third-order valence-electron chi connectivity index (χ3n) is 3.39. The molecule has 0 bridgehead atoms. The molecule has 1 aromatic carbocycles. The fourth-order valence-corrected chi connectivity index (χ4v) is 2.53. The normalized spacial score (nSPS) is 12.8. The summed E-state index contributed by atoms with van der Waals surface area (Å²) in [5.74, 6) is 0.547. The minimum Gasteiger partial charge on any atom is -0.302 e. The molecule has 98 valence electrons. The molecule has 3 aromatic rings. The van der Waals surface area contributed by atoms with Crippen LogP contribution in [0.15, 0.2) is 41.8 Å². The van der Waals surface area contributed by atoms with E-state index in [0.29, 0.717) is 11.5 Å². The van der Waals surface area contributed by atoms with Gasteiger partial charge in [-0.3, -0.25) is 9.83 Å². The quantitative estimate of drug-likeness (QED) is 0.736. The molecule has 0 radical (unpaired) electrons. The number of aromatic nitrogens is 3. The Hall–Kier alpha value is -2.40. The molecule has 0 spiro atoms. The third kappa shape index (κ3) is 1.67. The average molecular weight is 284 g/mol. The van der Waals surface area contributed by atoms with E-state index in [0.717, 1.165) is 17.8 Å². The molecular formula is C14H10ClN5. The molecule has 5 nitrogen and oxygen atoms in total. The van der Waals surface area contributed by atoms with E-state index < -0.39 is 0 Å². The van der Waals surface area contributed by atoms with Crippen LogP contribution in [0.3, 0.4) is 0 Å². The SMILES string of the molecule is ClNc1nc(-c2ccc3c(c2)CN=C3)cn2ccnc12. The van der Waals surface area contributed by atoms with E-state index in [2.05, 4.69) is 31.9 Å². The Morgan fingerprint density at radius 3 is 3.15 bits per heavy atom. The van der Waals surface area contributed by atoms with Gasteiger partial charge >= 0.3 is 0 Å². The zero-order valence-electron chi connectivity index (χ0n) is 10.4. The summed E-state index contributed by atoms with van der Waals surface area (Å²) in [5, 5.41) is 0. The molecule has 0 atom stereocenters. The molecular weight excluding hydrogens is 274 g/mol. The van der Waals surface area contributed by atoms with E-state index in [9.17, 15) is 0 Å². The standard InChI is InChI=1S/C14H10ClN5/c15-19-13-14-17-3-4-20(14)8-12(18-13)9-1-2-10-6-16-7-11(10)5-9/h1-6,8H,7H2,(H,18,19). The summed E-state index contributed by atoms with van der Waals surface area (Å²) in [7, 11) is 0. The number of hydrogen-bond donors (Lipinski definition) is 1. The highest BCUT2D eigenvalue weighted by molar-refractivity contribution is 6.24. The second-order valence-electron chi connectivity index (χ2n) is 4.61. The van der Waals surface area contributed by atoms with Gasteiger partial charge in [0.25, 0.3) is 0 Å². The van der Waals surface area contributed by atoms with Crippen LogP contribution in [0, 0.1) is 0 Å². The van der Waals surface area contributed by atoms with Gasteiger partial charge in [0.1, 0.15) is 0 Å². The van der Waals surface area contributed by atoms with Crippen LogP contribution in [0.1, 0.15) is 11.1 Å². The lowest BCUT2D eigenvalue weighted by Gasteiger charge is -2.07. The summed E-state index contributed by atoms with van der Waals surface area (Å²) >= 11 is 5.73. The van der Waals surface area contributed by atoms with Gasteiger partial charge in [0, 0.05) is 42.1 Å². The zero-order valence-corrected chi connectivity index (χ0v) is 11.2. The van der Waals surface area contributed by atoms with Crippen molar-refractivity contribution in [2.45, 2.75) is 6.54 Å². The fourth-order valence-electron chi connectivity index (χ4n) is 2.40. The molecule has 1 aliphatic rings. The van der Waals surface area contributed by atoms with Crippen molar-refractivity contribution < 1.29 is 0 Å². The number of fused-ring (bicyclic) bond motifs is 2. The van der Waals surface area contributed by atoms with Crippen molar-refractivity contribution in [2.24, 2.45) is 4.99 Å². The van der Waals surface area contributed by atoms with Gasteiger partial charge in [0.15, 0.2) is 11.5 Å². The fraction of sp³-hybridized carbons (Fsp3) is 0.0714. The Morgan fingerprint density at radius 1 is 1.30 bits per heavy atom. The minimum absolute atomic E-state index is 0.547. The van der Waals surface area contributed by atoms with Gasteiger partial charge in [-0.1, -0.05) is 12.1 Å². The van der Waals surface area contributed by atoms with E-state index in [4.69, 9.17) is 11.8 Å². The highest BCUT2D eigenvalue weighted by Crippen LogP contribution is 2.25. The van der Waals surface area contributed by atoms with Crippen molar-refractivity contribution >= 4 is 29.5 Å². The number of rotatable bonds is 2. The van der Waals surface area contributed by atoms with Crippen LogP contribution in [-0.2, 0) is 6.54 Å². The van der Waals surface area contributed by atoms with Crippen molar-refractivity contribution in [3.63, 3.8) is 0 Å². The summed E-state index contributed by atoms with van der Waals surface area (Å²) in [5.41, 5.74) is 4.98. The maximum atomic E-state index is 5.73. The Morgan fingerprint density at radius 2 is 2.25 bits per heavy atom. The topological polar surface area (TPSA) is 54.6 Å². The highest BCUT2D eigenvalue weighted by atomic mass is 35.5. The third-order valence-corrected chi connectivity index (χ3v) is 3.57. The number of anilines is 1. The van der Waals surface area contributed by atoms with E-state index >= 15 is 0 Å². The second kappa shape index (κ2) is 4.31. The number of nitrogens with zero attached hydrogens (tertiary/aromatic N) is 4. The number of halogens is 1. The molecule has 0 amide bonds. The number of nitrogens with one attached hydrogen (secondary N) is 1. The van der Waals surface area contributed by atoms with Crippen LogP contribution in [0.5, 0.6) is 0 Å². The second-order valence-corrected chi connectivity index (χ2v) is 4.80. The first-order valence-electron chi connectivity index (χ1n) is 6.18. The molecule has 3 heterocycles. The van der Waals surface area contributed by atoms with Crippen molar-refractivity contribution in [2.75, 3.05) is 4.84 Å². The largest absolute Gasteiger partial charge is 0.302 e. The van der Waals surface area contributed by atoms with Crippen molar-refractivity contribution in [1.29, 1.82) is 0 Å². The van der Waals surface area contributed by atoms with Crippen molar-refractivity contribution in [3.05, 3.63) is 47.9 Å². The Bertz CT molecular complexity index is 837. The summed E-state index contributed by atoms with van der Waals surface area (Å²) in [4.78, 5) is 15.6. The van der Waals surface area contributed by atoms with Crippen LogP contribution in [-0.4, -0.2) is 20.6 Å². The molecule has 20 heavy (non-hydrogen) atoms. The Labute approximate surface area is 120 Å². The number of imidazole rings is 1. The molecule has 0 saturated carbocycles. The van der Waals surface area contributed by atoms with Crippen LogP contribution in [0.2, 0.25) is 0 Å². The van der Waals surface area contributed by atoms with Gasteiger partial charge in [-0.15, -0.1) is 0 Å². The smallest absolute Gasteiger partial charge is 0.185 e. The zero-order chi connectivity index (χ0) is 13.5. The molecule has 6 heteroatoms. The number of hydrogen-bond acceptors (Lipinski definition) is 4. The molecule has 4 rings (SSSR count). The van der Waals surface area contributed by atoms with E-state index in [-0.39, 0.29) is 0 Å². The first-order chi connectivity index (χ1) is 9.85. The van der Waals surface area contributed by atoms with Gasteiger partial charge in [-0.05, 0) is 17.2 Å². The van der Waals surface area contributed by atoms with E-state index in [1.807, 2.05) is 29.1 Å². The van der Waals surface area contributed by atoms with Gasteiger partial charge in [-0.2, -0.15) is 0 Å². The molecule has 2 aromatic heterocycles. The van der Waals surface area contributed by atoms with Gasteiger partial charge < -0.3 is 4.40 Å². The average Bonchev–Trinajstić information content (AvgIpc) is 3.13. The molecule has 0 fully saturated rings. The minimum atomic E-state index is 0.547. The molecule has 0 saturated heterocycles. The maximum Gasteiger partial charge on any atom is 0.185 e. The molecule has 1 N–H and O–H groups in total. The summed E-state index contributed by atoms with van der Waals surface area (Å²) in [6.45, 7) is 0.733. The summed E-state index contributed by atoms with van der Waals surface area (Å²) < 4.78 is 1.90. The van der Waals surface area contributed by atoms with E-state index in [1.165, 1.54) is 11.1 Å². The van der Waals surface area contributed by atoms with Gasteiger partial charge in [0.2, 0.25) is 0 Å². The monoisotopic (exact) mass is 283 g/mol. The lowest BCUT2D eigenvalue weighted by Crippen LogP contribution is -1.97. The van der Waals surface area contributed by atoms with Crippen molar-refractivity contribution in [3.8, 4) is 11.3 Å². The number of benzene rings is 1. The lowest BCUT2D eigenvalue weighted by atomic mass is 10.0. The van der Waals surface area contributed by atoms with Gasteiger partial charge in [-0.25, -0.2) is 9.97 Å². The van der Waals surface area contributed by atoms with Crippen LogP contribution < -0.4 is 4.84 Å². The summed E-state index contributed by atoms with van der Waals surface area (Å²) in [6, 6.07) is 6.22. The lowest BCUT2D eigenvalue weighted by molar-refractivity contribution is 1.11. The molecule has 0 aliphatic carbocycles. The van der Waals surface area contributed by atoms with Crippen LogP contribution >= 0.6 is 11.8 Å². The predicted molar refractivity (Wildman–Crippen MR) is 79.2 cm³/mol. The Kier molecular flexibility index (Phi) is 2.47. The number of aliphatic imine (C=N–C) groups is 1. The van der Waals surface area contributed by atoms with Crippen LogP contribution in [0.25, 0.3) is 16.9 Å². The first kappa shape index (κ1) is 11.4. The first-order valence-corrected chi connectivity index (χ1v) is 6.56. The predicted octanol–water partition coefficient (Wildman–Crippen LogP) is 2.89. The Balaban J connectivity index is 1.89. The van der Waals surface area contributed by atoms with Gasteiger partial charge in [0.05, 0.1) is 12.2 Å².